The maximum Gasteiger partial charge on any atom is 0.307 e. The van der Waals surface area contributed by atoms with Crippen LogP contribution in [0.2, 0.25) is 10.0 Å². The second-order valence-corrected chi connectivity index (χ2v) is 9.48. The molecule has 3 rings (SSSR count). The fraction of sp³-hybridized carbons (Fsp3) is 0.417. The number of rotatable bonds is 6. The third-order valence-electron chi connectivity index (χ3n) is 4.95. The number of nitrogens with one attached hydrogen (secondary N) is 1. The minimum Gasteiger partial charge on any atom is -0.460 e. The third kappa shape index (κ3) is 6.94. The zero-order chi connectivity index (χ0) is 23.3. The van der Waals surface area contributed by atoms with E-state index in [0.717, 1.165) is 12.1 Å². The first-order chi connectivity index (χ1) is 15.1. The topological polar surface area (TPSA) is 67.9 Å². The van der Waals surface area contributed by atoms with Crippen LogP contribution in [0.25, 0.3) is 0 Å². The Morgan fingerprint density at radius 1 is 1.12 bits per heavy atom. The highest BCUT2D eigenvalue weighted by Crippen LogP contribution is 2.30. The lowest BCUT2D eigenvalue weighted by molar-refractivity contribution is -0.155. The molecule has 1 N–H and O–H groups in total. The summed E-state index contributed by atoms with van der Waals surface area (Å²) in [6.07, 6.45) is 0.214. The molecule has 172 valence electrons. The fourth-order valence-electron chi connectivity index (χ4n) is 3.40. The van der Waals surface area contributed by atoms with Crippen LogP contribution in [-0.4, -0.2) is 48.6 Å². The van der Waals surface area contributed by atoms with Gasteiger partial charge in [0.1, 0.15) is 5.60 Å². The average molecular weight is 479 g/mol. The number of hydrogen-bond donors (Lipinski definition) is 1. The van der Waals surface area contributed by atoms with Gasteiger partial charge in [0.2, 0.25) is 0 Å². The lowest BCUT2D eigenvalue weighted by Crippen LogP contribution is -2.40. The number of morpholine rings is 1. The van der Waals surface area contributed by atoms with Crippen molar-refractivity contribution in [3.63, 3.8) is 0 Å². The second kappa shape index (κ2) is 10.7. The lowest BCUT2D eigenvalue weighted by atomic mass is 10.0. The molecule has 0 bridgehead atoms. The minimum atomic E-state index is -0.476. The maximum atomic E-state index is 12.6. The van der Waals surface area contributed by atoms with Crippen molar-refractivity contribution >= 4 is 40.8 Å². The third-order valence-corrected chi connectivity index (χ3v) is 5.58. The van der Waals surface area contributed by atoms with Gasteiger partial charge in [-0.25, -0.2) is 0 Å². The molecule has 0 spiro atoms. The average Bonchev–Trinajstić information content (AvgIpc) is 2.74. The van der Waals surface area contributed by atoms with Crippen LogP contribution >= 0.6 is 23.2 Å². The highest BCUT2D eigenvalue weighted by molar-refractivity contribution is 6.40. The number of carbonyl (C=O) groups is 2. The normalized spacial score (nSPS) is 17.1. The molecule has 0 aromatic heterocycles. The van der Waals surface area contributed by atoms with Gasteiger partial charge in [-0.3, -0.25) is 14.5 Å². The summed E-state index contributed by atoms with van der Waals surface area (Å²) in [5.41, 5.74) is 1.37. The van der Waals surface area contributed by atoms with Crippen LogP contribution in [0.4, 0.5) is 5.69 Å². The van der Waals surface area contributed by atoms with Crippen LogP contribution in [-0.2, 0) is 14.3 Å². The van der Waals surface area contributed by atoms with Gasteiger partial charge in [-0.15, -0.1) is 0 Å². The summed E-state index contributed by atoms with van der Waals surface area (Å²) in [7, 11) is 0. The highest BCUT2D eigenvalue weighted by atomic mass is 35.5. The van der Waals surface area contributed by atoms with E-state index in [1.165, 1.54) is 0 Å². The smallest absolute Gasteiger partial charge is 0.307 e. The molecule has 0 radical (unpaired) electrons. The van der Waals surface area contributed by atoms with E-state index in [-0.39, 0.29) is 18.0 Å². The molecule has 32 heavy (non-hydrogen) atoms. The molecular formula is C24H28Cl2N2O4. The quantitative estimate of drug-likeness (QED) is 0.566. The van der Waals surface area contributed by atoms with Crippen molar-refractivity contribution < 1.29 is 19.1 Å². The Morgan fingerprint density at radius 3 is 2.41 bits per heavy atom. The van der Waals surface area contributed by atoms with E-state index in [9.17, 15) is 9.59 Å². The number of esters is 1. The summed E-state index contributed by atoms with van der Waals surface area (Å²) >= 11 is 12.3. The molecule has 1 aliphatic rings. The number of halogens is 2. The largest absolute Gasteiger partial charge is 0.460 e. The molecule has 6 nitrogen and oxygen atoms in total. The maximum absolute atomic E-state index is 12.6. The van der Waals surface area contributed by atoms with E-state index in [4.69, 9.17) is 32.7 Å². The zero-order valence-electron chi connectivity index (χ0n) is 18.5. The van der Waals surface area contributed by atoms with Crippen molar-refractivity contribution in [2.24, 2.45) is 0 Å². The van der Waals surface area contributed by atoms with E-state index in [1.807, 2.05) is 32.9 Å². The van der Waals surface area contributed by atoms with E-state index in [2.05, 4.69) is 10.2 Å². The van der Waals surface area contributed by atoms with E-state index in [1.54, 1.807) is 30.3 Å². The first-order valence-corrected chi connectivity index (χ1v) is 11.3. The molecule has 1 fully saturated rings. The molecule has 2 aromatic rings. The van der Waals surface area contributed by atoms with Crippen molar-refractivity contribution in [3.8, 4) is 0 Å². The molecule has 1 amide bonds. The summed E-state index contributed by atoms with van der Waals surface area (Å²) in [6.45, 7) is 8.22. The monoisotopic (exact) mass is 478 g/mol. The first-order valence-electron chi connectivity index (χ1n) is 10.5. The summed E-state index contributed by atoms with van der Waals surface area (Å²) in [4.78, 5) is 26.8. The van der Waals surface area contributed by atoms with Crippen LogP contribution in [0.5, 0.6) is 0 Å². The van der Waals surface area contributed by atoms with Gasteiger partial charge in [-0.2, -0.15) is 0 Å². The lowest BCUT2D eigenvalue weighted by Gasteiger charge is -2.33. The van der Waals surface area contributed by atoms with Crippen LogP contribution < -0.4 is 5.32 Å². The van der Waals surface area contributed by atoms with Gasteiger partial charge in [-0.1, -0.05) is 41.4 Å². The molecule has 1 saturated heterocycles. The van der Waals surface area contributed by atoms with Crippen LogP contribution in [0.15, 0.2) is 42.5 Å². The summed E-state index contributed by atoms with van der Waals surface area (Å²) in [5, 5.41) is 3.52. The van der Waals surface area contributed by atoms with Crippen LogP contribution in [0, 0.1) is 0 Å². The molecule has 0 aliphatic carbocycles. The number of ether oxygens (including phenoxy) is 2. The van der Waals surface area contributed by atoms with Crippen molar-refractivity contribution in [2.75, 3.05) is 31.6 Å². The molecule has 2 aromatic carbocycles. The Hall–Kier alpha value is -2.12. The minimum absolute atomic E-state index is 0.127. The van der Waals surface area contributed by atoms with Crippen molar-refractivity contribution in [2.45, 2.75) is 38.9 Å². The Balaban J connectivity index is 1.57. The van der Waals surface area contributed by atoms with Gasteiger partial charge >= 0.3 is 5.97 Å². The summed E-state index contributed by atoms with van der Waals surface area (Å²) in [5.74, 6) is -0.496. The van der Waals surface area contributed by atoms with Gasteiger partial charge in [0.25, 0.3) is 5.91 Å². The Bertz CT molecular complexity index is 937. The van der Waals surface area contributed by atoms with E-state index >= 15 is 0 Å². The number of amides is 1. The van der Waals surface area contributed by atoms with Crippen LogP contribution in [0.1, 0.15) is 49.2 Å². The van der Waals surface area contributed by atoms with E-state index in [0.29, 0.717) is 47.4 Å². The number of anilines is 1. The number of hydrogen-bond acceptors (Lipinski definition) is 5. The predicted octanol–water partition coefficient (Wildman–Crippen LogP) is 5.35. The highest BCUT2D eigenvalue weighted by Gasteiger charge is 2.24. The van der Waals surface area contributed by atoms with Gasteiger partial charge in [0.15, 0.2) is 0 Å². The molecule has 8 heteroatoms. The first kappa shape index (κ1) is 24.5. The molecule has 1 unspecified atom stereocenters. The number of benzene rings is 2. The Labute approximate surface area is 198 Å². The number of para-hydroxylation sites is 1. The van der Waals surface area contributed by atoms with Gasteiger partial charge in [0.05, 0.1) is 34.9 Å². The molecule has 1 aliphatic heterocycles. The molecule has 1 heterocycles. The van der Waals surface area contributed by atoms with Gasteiger partial charge in [0, 0.05) is 25.2 Å². The predicted molar refractivity (Wildman–Crippen MR) is 126 cm³/mol. The Morgan fingerprint density at radius 2 is 1.78 bits per heavy atom. The SMILES string of the molecule is CC(C)(C)OC(=O)CCN1CCOC(c2ccc(C(=O)Nc3c(Cl)cccc3Cl)cc2)C1. The van der Waals surface area contributed by atoms with Crippen molar-refractivity contribution in [1.29, 1.82) is 0 Å². The fourth-order valence-corrected chi connectivity index (χ4v) is 3.89. The van der Waals surface area contributed by atoms with Crippen molar-refractivity contribution in [1.82, 2.24) is 4.90 Å². The number of carbonyl (C=O) groups excluding carboxylic acids is 2. The molecule has 0 saturated carbocycles. The Kier molecular flexibility index (Phi) is 8.17. The van der Waals surface area contributed by atoms with Gasteiger partial charge < -0.3 is 14.8 Å². The van der Waals surface area contributed by atoms with Gasteiger partial charge in [-0.05, 0) is 50.6 Å². The zero-order valence-corrected chi connectivity index (χ0v) is 20.0. The van der Waals surface area contributed by atoms with E-state index < -0.39 is 5.60 Å². The molecule has 1 atom stereocenters. The molecular weight excluding hydrogens is 451 g/mol. The summed E-state index contributed by atoms with van der Waals surface area (Å²) in [6, 6.07) is 12.3. The standard InChI is InChI=1S/C24H28Cl2N2O4/c1-24(2,3)32-21(29)11-12-28-13-14-31-20(15-28)16-7-9-17(10-8-16)23(30)27-22-18(25)5-4-6-19(22)26/h4-10,20H,11-15H2,1-3H3,(H,27,30). The van der Waals surface area contributed by atoms with Crippen molar-refractivity contribution in [3.05, 3.63) is 63.6 Å². The number of nitrogens with zero attached hydrogens (tertiary/aromatic N) is 1. The summed E-state index contributed by atoms with van der Waals surface area (Å²) < 4.78 is 11.3. The second-order valence-electron chi connectivity index (χ2n) is 8.67. The van der Waals surface area contributed by atoms with Crippen LogP contribution in [0.3, 0.4) is 0 Å².